The van der Waals surface area contributed by atoms with Crippen LogP contribution in [0.3, 0.4) is 0 Å². The molecule has 1 N–H and O–H groups in total. The van der Waals surface area contributed by atoms with Gasteiger partial charge in [-0.3, -0.25) is 14.5 Å². The van der Waals surface area contributed by atoms with Crippen molar-refractivity contribution in [3.63, 3.8) is 0 Å². The van der Waals surface area contributed by atoms with Crippen molar-refractivity contribution in [2.24, 2.45) is 0 Å². The molecule has 1 unspecified atom stereocenters. The van der Waals surface area contributed by atoms with Crippen molar-refractivity contribution in [1.29, 1.82) is 0 Å². The molecular weight excluding hydrogens is 510 g/mol. The lowest BCUT2D eigenvalue weighted by Gasteiger charge is -2.25. The monoisotopic (exact) mass is 533 g/mol. The van der Waals surface area contributed by atoms with Gasteiger partial charge in [0.1, 0.15) is 11.6 Å². The second-order valence-electron chi connectivity index (χ2n) is 8.16. The number of carbonyl (C=O) groups is 2. The number of carbonyl (C=O) groups excluding carboxylic acids is 2. The Hall–Kier alpha value is -4.02. The first-order chi connectivity index (χ1) is 18.0. The molecule has 2 aromatic carbocycles. The Bertz CT molecular complexity index is 1460. The first-order valence-electron chi connectivity index (χ1n) is 11.6. The van der Waals surface area contributed by atoms with Gasteiger partial charge in [-0.25, -0.2) is 0 Å². The van der Waals surface area contributed by atoms with E-state index in [2.05, 4.69) is 10.2 Å². The lowest BCUT2D eigenvalue weighted by Crippen LogP contribution is -2.31. The van der Waals surface area contributed by atoms with Gasteiger partial charge in [-0.05, 0) is 48.6 Å². The minimum absolute atomic E-state index is 0.0132. The fourth-order valence-electron chi connectivity index (χ4n) is 4.09. The van der Waals surface area contributed by atoms with E-state index >= 15 is 0 Å². The molecule has 0 saturated carbocycles. The number of aryl methyl sites for hydroxylation is 1. The average Bonchev–Trinajstić information content (AvgIpc) is 3.65. The second kappa shape index (κ2) is 10.5. The summed E-state index contributed by atoms with van der Waals surface area (Å²) in [4.78, 5) is 28.5. The lowest BCUT2D eigenvalue weighted by atomic mass is 9.95. The number of rotatable bonds is 9. The number of Topliss-reactive ketones (excluding diaryl/α,β-unsaturated/α-hetero) is 1. The van der Waals surface area contributed by atoms with Gasteiger partial charge in [0.15, 0.2) is 17.3 Å². The van der Waals surface area contributed by atoms with E-state index in [4.69, 9.17) is 9.47 Å². The molecule has 37 heavy (non-hydrogen) atoms. The number of thiophene rings is 1. The van der Waals surface area contributed by atoms with Gasteiger partial charge in [-0.2, -0.15) is 0 Å². The van der Waals surface area contributed by atoms with E-state index < -0.39 is 23.5 Å². The number of aromatic nitrogens is 2. The van der Waals surface area contributed by atoms with E-state index in [-0.39, 0.29) is 10.7 Å². The molecule has 5 rings (SSSR count). The van der Waals surface area contributed by atoms with Crippen molar-refractivity contribution in [3.05, 3.63) is 98.4 Å². The van der Waals surface area contributed by atoms with Crippen LogP contribution in [0.15, 0.2) is 77.4 Å². The van der Waals surface area contributed by atoms with Gasteiger partial charge in [-0.1, -0.05) is 53.8 Å². The van der Waals surface area contributed by atoms with Crippen molar-refractivity contribution in [2.45, 2.75) is 26.5 Å². The maximum absolute atomic E-state index is 13.5. The first kappa shape index (κ1) is 24.7. The third-order valence-electron chi connectivity index (χ3n) is 5.74. The van der Waals surface area contributed by atoms with E-state index in [0.29, 0.717) is 40.2 Å². The van der Waals surface area contributed by atoms with Crippen LogP contribution in [0.25, 0.3) is 0 Å². The van der Waals surface area contributed by atoms with Gasteiger partial charge < -0.3 is 14.6 Å². The summed E-state index contributed by atoms with van der Waals surface area (Å²) < 4.78 is 11.9. The van der Waals surface area contributed by atoms with Gasteiger partial charge in [0.25, 0.3) is 5.91 Å². The summed E-state index contributed by atoms with van der Waals surface area (Å²) in [6.07, 6.45) is 0. The fraction of sp³-hybridized carbons (Fsp3) is 0.185. The highest BCUT2D eigenvalue weighted by molar-refractivity contribution is 7.15. The molecule has 0 fully saturated rings. The van der Waals surface area contributed by atoms with E-state index in [9.17, 15) is 14.7 Å². The van der Waals surface area contributed by atoms with Crippen LogP contribution < -0.4 is 14.4 Å². The predicted molar refractivity (Wildman–Crippen MR) is 142 cm³/mol. The molecule has 1 atom stereocenters. The third-order valence-corrected chi connectivity index (χ3v) is 7.45. The van der Waals surface area contributed by atoms with Crippen LogP contribution >= 0.6 is 22.7 Å². The number of benzene rings is 2. The summed E-state index contributed by atoms with van der Waals surface area (Å²) in [5.41, 5.74) is 1.56. The van der Waals surface area contributed by atoms with E-state index in [0.717, 1.165) is 5.56 Å². The summed E-state index contributed by atoms with van der Waals surface area (Å²) in [6, 6.07) is 17.5. The molecule has 0 saturated heterocycles. The number of aliphatic hydroxyl groups excluding tert-OH is 1. The van der Waals surface area contributed by atoms with E-state index in [1.807, 2.05) is 37.3 Å². The number of nitrogens with zero attached hydrogens (tertiary/aromatic N) is 3. The minimum Gasteiger partial charge on any atom is -0.503 e. The van der Waals surface area contributed by atoms with Gasteiger partial charge in [0.05, 0.1) is 23.1 Å². The normalized spacial score (nSPS) is 15.4. The molecule has 4 aromatic rings. The smallest absolute Gasteiger partial charge is 0.296 e. The standard InChI is InChI=1S/C27H23N3O5S2/c1-3-34-20-14-18(11-12-19(20)35-15-17-8-5-4-6-9-17)23-22(24(31)21-10-7-13-36-21)25(32)26(33)30(23)27-29-28-16(2)37-27/h4-14,23,32H,3,15H2,1-2H3. The topological polar surface area (TPSA) is 102 Å². The number of ether oxygens (including phenoxy) is 2. The van der Waals surface area contributed by atoms with E-state index in [1.54, 1.807) is 42.6 Å². The molecule has 1 aliphatic rings. The molecule has 10 heteroatoms. The van der Waals surface area contributed by atoms with Crippen LogP contribution in [-0.4, -0.2) is 33.6 Å². The highest BCUT2D eigenvalue weighted by atomic mass is 32.1. The Kier molecular flexibility index (Phi) is 7.02. The first-order valence-corrected chi connectivity index (χ1v) is 13.3. The zero-order valence-corrected chi connectivity index (χ0v) is 21.7. The highest BCUT2D eigenvalue weighted by Crippen LogP contribution is 2.45. The Morgan fingerprint density at radius 3 is 2.54 bits per heavy atom. The lowest BCUT2D eigenvalue weighted by molar-refractivity contribution is -0.117. The molecule has 1 aliphatic heterocycles. The zero-order chi connectivity index (χ0) is 25.9. The molecular formula is C27H23N3O5S2. The van der Waals surface area contributed by atoms with Crippen molar-refractivity contribution in [1.82, 2.24) is 10.2 Å². The molecule has 2 aromatic heterocycles. The second-order valence-corrected chi connectivity index (χ2v) is 10.3. The minimum atomic E-state index is -0.920. The number of anilines is 1. The quantitative estimate of drug-likeness (QED) is 0.277. The summed E-state index contributed by atoms with van der Waals surface area (Å²) in [7, 11) is 0. The molecule has 0 bridgehead atoms. The van der Waals surface area contributed by atoms with Crippen LogP contribution in [-0.2, 0) is 11.4 Å². The molecule has 8 nitrogen and oxygen atoms in total. The number of amides is 1. The van der Waals surface area contributed by atoms with Gasteiger partial charge in [-0.15, -0.1) is 21.5 Å². The van der Waals surface area contributed by atoms with Crippen LogP contribution in [0, 0.1) is 6.92 Å². The van der Waals surface area contributed by atoms with Crippen LogP contribution in [0.2, 0.25) is 0 Å². The summed E-state index contributed by atoms with van der Waals surface area (Å²) in [6.45, 7) is 4.37. The van der Waals surface area contributed by atoms with Crippen molar-refractivity contribution in [2.75, 3.05) is 11.5 Å². The molecule has 0 radical (unpaired) electrons. The van der Waals surface area contributed by atoms with Crippen molar-refractivity contribution < 1.29 is 24.2 Å². The number of ketones is 1. The predicted octanol–water partition coefficient (Wildman–Crippen LogP) is 5.67. The molecule has 0 aliphatic carbocycles. The average molecular weight is 534 g/mol. The van der Waals surface area contributed by atoms with Crippen LogP contribution in [0.5, 0.6) is 11.5 Å². The van der Waals surface area contributed by atoms with Crippen LogP contribution in [0.4, 0.5) is 5.13 Å². The Morgan fingerprint density at radius 2 is 1.86 bits per heavy atom. The van der Waals surface area contributed by atoms with Crippen LogP contribution in [0.1, 0.15) is 38.8 Å². The maximum Gasteiger partial charge on any atom is 0.296 e. The summed E-state index contributed by atoms with van der Waals surface area (Å²) in [5.74, 6) is -0.735. The zero-order valence-electron chi connectivity index (χ0n) is 20.1. The number of hydrogen-bond donors (Lipinski definition) is 1. The molecule has 1 amide bonds. The Labute approximate surface area is 221 Å². The van der Waals surface area contributed by atoms with Gasteiger partial charge in [0, 0.05) is 0 Å². The SMILES string of the molecule is CCOc1cc(C2C(C(=O)c3cccs3)=C(O)C(=O)N2c2nnc(C)s2)ccc1OCc1ccccc1. The molecule has 188 valence electrons. The number of hydrogen-bond acceptors (Lipinski definition) is 9. The maximum atomic E-state index is 13.5. The van der Waals surface area contributed by atoms with E-state index in [1.165, 1.54) is 27.6 Å². The van der Waals surface area contributed by atoms with Gasteiger partial charge >= 0.3 is 0 Å². The summed E-state index contributed by atoms with van der Waals surface area (Å²) in [5, 5.41) is 21.8. The third kappa shape index (κ3) is 4.85. The molecule has 0 spiro atoms. The largest absolute Gasteiger partial charge is 0.503 e. The highest BCUT2D eigenvalue weighted by Gasteiger charge is 2.46. The Morgan fingerprint density at radius 1 is 1.05 bits per heavy atom. The number of aliphatic hydroxyl groups is 1. The van der Waals surface area contributed by atoms with Gasteiger partial charge in [0.2, 0.25) is 10.9 Å². The Balaban J connectivity index is 1.57. The molecule has 3 heterocycles. The van der Waals surface area contributed by atoms with Crippen molar-refractivity contribution in [3.8, 4) is 11.5 Å². The summed E-state index contributed by atoms with van der Waals surface area (Å²) >= 11 is 2.45. The van der Waals surface area contributed by atoms with Crippen molar-refractivity contribution >= 4 is 39.5 Å². The fourth-order valence-corrected chi connectivity index (χ4v) is 5.48.